The van der Waals surface area contributed by atoms with Crippen molar-refractivity contribution >= 4 is 11.6 Å². The topological polar surface area (TPSA) is 71.0 Å². The standard InChI is InChI=1S/C36H39F5N2O4/c1-19-25(15-43-18-36(4)14-24(43)13-35(2,3)17-36)46-34(47-32(19)21-10-8-20(16-44)9-11-21)22-6-5-7-23(12-22)42-33(45)26-27(37)29(39)31(41)30(40)28(26)38/h5-12,19,24-25,32,34,44H,13-18H2,1-4H3,(H,42,45)/t19-,24?,25+,32+,34+,36?/m1/s1. The van der Waals surface area contributed by atoms with E-state index in [1.54, 1.807) is 12.1 Å². The first-order chi connectivity index (χ1) is 22.2. The van der Waals surface area contributed by atoms with Crippen LogP contribution in [0.3, 0.4) is 0 Å². The second-order valence-corrected chi connectivity index (χ2v) is 14.5. The van der Waals surface area contributed by atoms with E-state index in [2.05, 4.69) is 37.9 Å². The Labute approximate surface area is 270 Å². The Bertz CT molecular complexity index is 1640. The molecule has 1 saturated carbocycles. The van der Waals surface area contributed by atoms with Gasteiger partial charge in [0.15, 0.2) is 29.6 Å². The molecule has 1 amide bonds. The van der Waals surface area contributed by atoms with Gasteiger partial charge in [-0.25, -0.2) is 22.0 Å². The molecule has 0 spiro atoms. The number of hydrogen-bond acceptors (Lipinski definition) is 5. The van der Waals surface area contributed by atoms with Crippen molar-refractivity contribution in [1.82, 2.24) is 4.90 Å². The van der Waals surface area contributed by atoms with E-state index >= 15 is 0 Å². The van der Waals surface area contributed by atoms with Crippen LogP contribution < -0.4 is 5.32 Å². The Morgan fingerprint density at radius 3 is 2.23 bits per heavy atom. The van der Waals surface area contributed by atoms with E-state index < -0.39 is 53.0 Å². The molecule has 3 fully saturated rings. The second-order valence-electron chi connectivity index (χ2n) is 14.5. The lowest BCUT2D eigenvalue weighted by Crippen LogP contribution is -2.46. The second kappa shape index (κ2) is 12.6. The molecule has 0 aromatic heterocycles. The average molecular weight is 659 g/mol. The molecule has 0 radical (unpaired) electrons. The third-order valence-corrected chi connectivity index (χ3v) is 9.91. The molecule has 6 rings (SSSR count). The zero-order valence-corrected chi connectivity index (χ0v) is 26.8. The van der Waals surface area contributed by atoms with Crippen LogP contribution in [0.5, 0.6) is 0 Å². The summed E-state index contributed by atoms with van der Waals surface area (Å²) in [4.78, 5) is 15.3. The van der Waals surface area contributed by atoms with Crippen molar-refractivity contribution < 1.29 is 41.3 Å². The molecular formula is C36H39F5N2O4. The maximum atomic E-state index is 14.3. The molecule has 2 aliphatic heterocycles. The van der Waals surface area contributed by atoms with Gasteiger partial charge in [0, 0.05) is 36.3 Å². The molecule has 2 unspecified atom stereocenters. The monoisotopic (exact) mass is 658 g/mol. The normalized spacial score (nSPS) is 28.8. The van der Waals surface area contributed by atoms with Gasteiger partial charge in [-0.3, -0.25) is 9.69 Å². The fourth-order valence-corrected chi connectivity index (χ4v) is 8.11. The molecule has 3 aromatic rings. The number of aliphatic hydroxyl groups excluding tert-OH is 1. The number of amides is 1. The van der Waals surface area contributed by atoms with Gasteiger partial charge in [-0.05, 0) is 53.4 Å². The van der Waals surface area contributed by atoms with E-state index in [1.165, 1.54) is 12.1 Å². The highest BCUT2D eigenvalue weighted by Crippen LogP contribution is 2.53. The van der Waals surface area contributed by atoms with Gasteiger partial charge in [-0.1, -0.05) is 64.1 Å². The molecule has 2 heterocycles. The SMILES string of the molecule is C[C@@H]1[C@H](CN2CC3(C)CC2CC(C)(C)C3)O[C@H](c2cccc(NC(=O)c3c(F)c(F)c(F)c(F)c3F)c2)O[C@@H]1c1ccc(CO)cc1. The van der Waals surface area contributed by atoms with E-state index in [0.717, 1.165) is 36.9 Å². The van der Waals surface area contributed by atoms with E-state index in [-0.39, 0.29) is 35.1 Å². The number of aliphatic hydroxyl groups is 1. The van der Waals surface area contributed by atoms with Crippen molar-refractivity contribution in [2.75, 3.05) is 18.4 Å². The number of halogens is 5. The average Bonchev–Trinajstić information content (AvgIpc) is 3.27. The third kappa shape index (κ3) is 6.55. The van der Waals surface area contributed by atoms with Crippen LogP contribution in [0.25, 0.3) is 0 Å². The third-order valence-electron chi connectivity index (χ3n) is 9.91. The summed E-state index contributed by atoms with van der Waals surface area (Å²) >= 11 is 0. The van der Waals surface area contributed by atoms with Gasteiger partial charge in [-0.15, -0.1) is 0 Å². The van der Waals surface area contributed by atoms with Gasteiger partial charge in [0.25, 0.3) is 5.91 Å². The number of benzene rings is 3. The summed E-state index contributed by atoms with van der Waals surface area (Å²) < 4.78 is 82.9. The number of anilines is 1. The summed E-state index contributed by atoms with van der Waals surface area (Å²) in [6.45, 7) is 10.6. The number of carbonyl (C=O) groups is 1. The Hall–Kier alpha value is -3.38. The Morgan fingerprint density at radius 1 is 0.915 bits per heavy atom. The maximum Gasteiger partial charge on any atom is 0.261 e. The first kappa shape index (κ1) is 33.5. The molecular weight excluding hydrogens is 619 g/mol. The molecule has 1 aliphatic carbocycles. The maximum absolute atomic E-state index is 14.3. The van der Waals surface area contributed by atoms with Crippen LogP contribution in [0.15, 0.2) is 48.5 Å². The van der Waals surface area contributed by atoms with Crippen LogP contribution in [0.4, 0.5) is 27.6 Å². The van der Waals surface area contributed by atoms with Crippen molar-refractivity contribution in [3.63, 3.8) is 0 Å². The van der Waals surface area contributed by atoms with Crippen molar-refractivity contribution in [1.29, 1.82) is 0 Å². The van der Waals surface area contributed by atoms with Gasteiger partial charge in [0.05, 0.1) is 18.8 Å². The summed E-state index contributed by atoms with van der Waals surface area (Å²) in [5, 5.41) is 11.8. The zero-order valence-electron chi connectivity index (χ0n) is 26.8. The van der Waals surface area contributed by atoms with Crippen LogP contribution in [0, 0.1) is 45.8 Å². The molecule has 11 heteroatoms. The van der Waals surface area contributed by atoms with Crippen molar-refractivity contribution in [2.45, 2.75) is 78.1 Å². The Morgan fingerprint density at radius 2 is 1.57 bits per heavy atom. The molecule has 2 N–H and O–H groups in total. The summed E-state index contributed by atoms with van der Waals surface area (Å²) in [6, 6.07) is 14.1. The van der Waals surface area contributed by atoms with Crippen molar-refractivity contribution in [3.05, 3.63) is 99.9 Å². The number of likely N-dealkylation sites (tertiary alicyclic amines) is 1. The van der Waals surface area contributed by atoms with E-state index in [9.17, 15) is 31.9 Å². The van der Waals surface area contributed by atoms with Gasteiger partial charge >= 0.3 is 0 Å². The lowest BCUT2D eigenvalue weighted by atomic mass is 9.65. The largest absolute Gasteiger partial charge is 0.392 e. The van der Waals surface area contributed by atoms with Gasteiger partial charge < -0.3 is 19.9 Å². The van der Waals surface area contributed by atoms with Crippen LogP contribution in [0.2, 0.25) is 0 Å². The zero-order chi connectivity index (χ0) is 33.8. The lowest BCUT2D eigenvalue weighted by Gasteiger charge is -2.43. The highest BCUT2D eigenvalue weighted by Gasteiger charge is 2.51. The molecule has 3 aromatic carbocycles. The fraction of sp³-hybridized carbons (Fsp3) is 0.472. The van der Waals surface area contributed by atoms with E-state index in [4.69, 9.17) is 9.47 Å². The van der Waals surface area contributed by atoms with Gasteiger partial charge in [0.2, 0.25) is 5.82 Å². The fourth-order valence-electron chi connectivity index (χ4n) is 8.11. The van der Waals surface area contributed by atoms with Crippen LogP contribution in [0.1, 0.15) is 86.4 Å². The number of carbonyl (C=O) groups excluding carboxylic acids is 1. The highest BCUT2D eigenvalue weighted by atomic mass is 19.2. The van der Waals surface area contributed by atoms with Gasteiger partial charge in [-0.2, -0.15) is 0 Å². The lowest BCUT2D eigenvalue weighted by molar-refractivity contribution is -0.276. The first-order valence-corrected chi connectivity index (χ1v) is 15.9. The minimum Gasteiger partial charge on any atom is -0.392 e. The summed E-state index contributed by atoms with van der Waals surface area (Å²) in [6.07, 6.45) is 1.83. The van der Waals surface area contributed by atoms with Crippen LogP contribution in [-0.2, 0) is 16.1 Å². The molecule has 2 saturated heterocycles. The number of rotatable bonds is 7. The number of ether oxygens (including phenoxy) is 2. The molecule has 6 nitrogen and oxygen atoms in total. The number of nitrogens with one attached hydrogen (secondary N) is 1. The minimum atomic E-state index is -2.34. The minimum absolute atomic E-state index is 0.0474. The number of nitrogens with zero attached hydrogens (tertiary/aromatic N) is 1. The molecule has 6 atom stereocenters. The predicted octanol–water partition coefficient (Wildman–Crippen LogP) is 7.82. The summed E-state index contributed by atoms with van der Waals surface area (Å²) in [5.41, 5.74) is 1.09. The van der Waals surface area contributed by atoms with E-state index in [0.29, 0.717) is 18.2 Å². The Balaban J connectivity index is 1.28. The van der Waals surface area contributed by atoms with Gasteiger partial charge in [0.1, 0.15) is 5.56 Å². The van der Waals surface area contributed by atoms with Crippen LogP contribution in [-0.4, -0.2) is 41.1 Å². The van der Waals surface area contributed by atoms with Crippen LogP contribution >= 0.6 is 0 Å². The first-order valence-electron chi connectivity index (χ1n) is 15.9. The molecule has 3 aliphatic rings. The van der Waals surface area contributed by atoms with Crippen molar-refractivity contribution in [2.24, 2.45) is 16.7 Å². The Kier molecular flexibility index (Phi) is 8.97. The molecule has 2 bridgehead atoms. The molecule has 252 valence electrons. The summed E-state index contributed by atoms with van der Waals surface area (Å²) in [7, 11) is 0. The summed E-state index contributed by atoms with van der Waals surface area (Å²) in [5.74, 6) is -12.7. The number of hydrogen-bond donors (Lipinski definition) is 2. The van der Waals surface area contributed by atoms with Crippen molar-refractivity contribution in [3.8, 4) is 0 Å². The molecule has 47 heavy (non-hydrogen) atoms. The van der Waals surface area contributed by atoms with E-state index in [1.807, 2.05) is 24.3 Å². The smallest absolute Gasteiger partial charge is 0.261 e. The highest BCUT2D eigenvalue weighted by molar-refractivity contribution is 6.04. The number of fused-ring (bicyclic) bond motifs is 2. The quantitative estimate of drug-likeness (QED) is 0.154. The predicted molar refractivity (Wildman–Crippen MR) is 165 cm³/mol.